The van der Waals surface area contributed by atoms with Crippen LogP contribution in [0.4, 0.5) is 0 Å². The fourth-order valence-corrected chi connectivity index (χ4v) is 2.56. The molecule has 1 aromatic rings. The van der Waals surface area contributed by atoms with Crippen LogP contribution in [0.2, 0.25) is 0 Å². The number of benzene rings is 1. The zero-order valence-corrected chi connectivity index (χ0v) is 12.5. The van der Waals surface area contributed by atoms with Crippen LogP contribution < -0.4 is 4.74 Å². The number of likely N-dealkylation sites (tertiary alicyclic amines) is 1. The summed E-state index contributed by atoms with van der Waals surface area (Å²) in [5.41, 5.74) is 0.887. The highest BCUT2D eigenvalue weighted by atomic mass is 16.5. The van der Waals surface area contributed by atoms with E-state index in [4.69, 9.17) is 14.6 Å². The van der Waals surface area contributed by atoms with Crippen LogP contribution in [0.25, 0.3) is 0 Å². The predicted octanol–water partition coefficient (Wildman–Crippen LogP) is 1.38. The number of ether oxygens (including phenoxy) is 2. The third-order valence-electron chi connectivity index (χ3n) is 3.61. The van der Waals surface area contributed by atoms with Crippen molar-refractivity contribution in [3.05, 3.63) is 29.8 Å². The Balaban J connectivity index is 1.69. The van der Waals surface area contributed by atoms with E-state index in [1.54, 1.807) is 7.11 Å². The van der Waals surface area contributed by atoms with Gasteiger partial charge in [0.25, 0.3) is 0 Å². The van der Waals surface area contributed by atoms with E-state index in [-0.39, 0.29) is 6.61 Å². The van der Waals surface area contributed by atoms with Crippen molar-refractivity contribution in [1.29, 1.82) is 0 Å². The van der Waals surface area contributed by atoms with E-state index < -0.39 is 0 Å². The molecule has 114 valence electrons. The first-order chi connectivity index (χ1) is 10.3. The molecule has 4 heteroatoms. The molecule has 1 heterocycles. The van der Waals surface area contributed by atoms with Crippen molar-refractivity contribution < 1.29 is 14.6 Å². The molecule has 1 atom stereocenters. The quantitative estimate of drug-likeness (QED) is 0.803. The highest BCUT2D eigenvalue weighted by molar-refractivity contribution is 5.38. The maximum absolute atomic E-state index is 8.64. The molecular weight excluding hydrogens is 266 g/mol. The first-order valence-electron chi connectivity index (χ1n) is 7.35. The second-order valence-corrected chi connectivity index (χ2v) is 5.24. The molecule has 0 saturated carbocycles. The summed E-state index contributed by atoms with van der Waals surface area (Å²) in [7, 11) is 1.76. The second kappa shape index (κ2) is 8.68. The van der Waals surface area contributed by atoms with Crippen molar-refractivity contribution >= 4 is 0 Å². The number of methoxy groups -OCH3 is 1. The lowest BCUT2D eigenvalue weighted by atomic mass is 10.1. The summed E-state index contributed by atoms with van der Waals surface area (Å²) in [5.74, 6) is 7.01. The van der Waals surface area contributed by atoms with Crippen LogP contribution in [0.3, 0.4) is 0 Å². The lowest BCUT2D eigenvalue weighted by molar-refractivity contribution is 0.150. The van der Waals surface area contributed by atoms with Gasteiger partial charge >= 0.3 is 0 Å². The number of aliphatic hydroxyl groups is 1. The zero-order valence-electron chi connectivity index (χ0n) is 12.5. The van der Waals surface area contributed by atoms with Crippen molar-refractivity contribution in [2.75, 3.05) is 46.6 Å². The number of hydrogen-bond acceptors (Lipinski definition) is 4. The molecule has 1 unspecified atom stereocenters. The molecule has 0 aromatic heterocycles. The first-order valence-corrected chi connectivity index (χ1v) is 7.35. The fourth-order valence-electron chi connectivity index (χ4n) is 2.56. The van der Waals surface area contributed by atoms with Gasteiger partial charge in [-0.25, -0.2) is 0 Å². The molecular formula is C17H23NO3. The third kappa shape index (κ3) is 5.39. The highest BCUT2D eigenvalue weighted by Gasteiger charge is 2.21. The molecule has 1 fully saturated rings. The summed E-state index contributed by atoms with van der Waals surface area (Å²) in [6.45, 7) is 4.62. The molecule has 4 nitrogen and oxygen atoms in total. The largest absolute Gasteiger partial charge is 0.492 e. The van der Waals surface area contributed by atoms with Gasteiger partial charge in [-0.05, 0) is 43.1 Å². The number of rotatable bonds is 6. The molecule has 0 radical (unpaired) electrons. The number of nitrogens with zero attached hydrogens (tertiary/aromatic N) is 1. The standard InChI is InChI=1S/C17H23NO3/c1-20-14-16-8-9-18(13-16)10-12-21-17-6-4-15(5-7-17)3-2-11-19/h4-7,16,19H,8-14H2,1H3. The smallest absolute Gasteiger partial charge is 0.119 e. The molecule has 0 spiro atoms. The van der Waals surface area contributed by atoms with E-state index in [1.807, 2.05) is 24.3 Å². The van der Waals surface area contributed by atoms with E-state index in [0.717, 1.165) is 37.6 Å². The summed E-state index contributed by atoms with van der Waals surface area (Å²) in [4.78, 5) is 2.42. The minimum atomic E-state index is -0.113. The molecule has 1 aliphatic heterocycles. The van der Waals surface area contributed by atoms with Gasteiger partial charge in [0.1, 0.15) is 19.0 Å². The van der Waals surface area contributed by atoms with Crippen molar-refractivity contribution in [3.63, 3.8) is 0 Å². The monoisotopic (exact) mass is 289 g/mol. The Labute approximate surface area is 126 Å². The maximum Gasteiger partial charge on any atom is 0.119 e. The second-order valence-electron chi connectivity index (χ2n) is 5.24. The van der Waals surface area contributed by atoms with Gasteiger partial charge in [-0.3, -0.25) is 4.90 Å². The molecule has 21 heavy (non-hydrogen) atoms. The topological polar surface area (TPSA) is 41.9 Å². The van der Waals surface area contributed by atoms with E-state index >= 15 is 0 Å². The molecule has 1 N–H and O–H groups in total. The lowest BCUT2D eigenvalue weighted by Gasteiger charge is -2.16. The Morgan fingerprint density at radius 3 is 2.86 bits per heavy atom. The van der Waals surface area contributed by atoms with Crippen LogP contribution in [0.5, 0.6) is 5.75 Å². The van der Waals surface area contributed by atoms with E-state index in [9.17, 15) is 0 Å². The van der Waals surface area contributed by atoms with Crippen LogP contribution in [0.1, 0.15) is 12.0 Å². The number of hydrogen-bond donors (Lipinski definition) is 1. The van der Waals surface area contributed by atoms with Gasteiger partial charge in [-0.2, -0.15) is 0 Å². The molecule has 0 amide bonds. The maximum atomic E-state index is 8.64. The predicted molar refractivity (Wildman–Crippen MR) is 82.3 cm³/mol. The number of aliphatic hydroxyl groups excluding tert-OH is 1. The summed E-state index contributed by atoms with van der Waals surface area (Å²) < 4.78 is 11.0. The Morgan fingerprint density at radius 1 is 1.33 bits per heavy atom. The van der Waals surface area contributed by atoms with E-state index in [2.05, 4.69) is 16.7 Å². The van der Waals surface area contributed by atoms with Crippen LogP contribution in [-0.2, 0) is 4.74 Å². The van der Waals surface area contributed by atoms with Crippen LogP contribution >= 0.6 is 0 Å². The average Bonchev–Trinajstić information content (AvgIpc) is 2.94. The molecule has 1 aromatic carbocycles. The van der Waals surface area contributed by atoms with E-state index in [1.165, 1.54) is 6.42 Å². The van der Waals surface area contributed by atoms with Gasteiger partial charge in [0.2, 0.25) is 0 Å². The zero-order chi connectivity index (χ0) is 14.9. The summed E-state index contributed by atoms with van der Waals surface area (Å²) in [6.07, 6.45) is 1.21. The molecule has 0 bridgehead atoms. The lowest BCUT2D eigenvalue weighted by Crippen LogP contribution is -2.26. The van der Waals surface area contributed by atoms with Crippen molar-refractivity contribution in [2.45, 2.75) is 6.42 Å². The normalized spacial score (nSPS) is 18.3. The molecule has 1 saturated heterocycles. The average molecular weight is 289 g/mol. The Bertz CT molecular complexity index is 475. The minimum absolute atomic E-state index is 0.113. The highest BCUT2D eigenvalue weighted by Crippen LogP contribution is 2.16. The molecule has 2 rings (SSSR count). The summed E-state index contributed by atoms with van der Waals surface area (Å²) in [5, 5.41) is 8.64. The Kier molecular flexibility index (Phi) is 6.55. The van der Waals surface area contributed by atoms with Gasteiger partial charge < -0.3 is 14.6 Å². The van der Waals surface area contributed by atoms with E-state index in [0.29, 0.717) is 12.5 Å². The Morgan fingerprint density at radius 2 is 2.14 bits per heavy atom. The van der Waals surface area contributed by atoms with Gasteiger partial charge in [-0.15, -0.1) is 0 Å². The third-order valence-corrected chi connectivity index (χ3v) is 3.61. The van der Waals surface area contributed by atoms with Gasteiger partial charge in [0.15, 0.2) is 0 Å². The summed E-state index contributed by atoms with van der Waals surface area (Å²) in [6, 6.07) is 7.64. The van der Waals surface area contributed by atoms with Crippen LogP contribution in [-0.4, -0.2) is 56.6 Å². The van der Waals surface area contributed by atoms with Gasteiger partial charge in [0, 0.05) is 25.8 Å². The van der Waals surface area contributed by atoms with Crippen molar-refractivity contribution in [3.8, 4) is 17.6 Å². The molecule has 1 aliphatic rings. The Hall–Kier alpha value is -1.54. The summed E-state index contributed by atoms with van der Waals surface area (Å²) >= 11 is 0. The molecule has 0 aliphatic carbocycles. The van der Waals surface area contributed by atoms with Crippen LogP contribution in [0.15, 0.2) is 24.3 Å². The SMILES string of the molecule is COCC1CCN(CCOc2ccc(C#CCO)cc2)C1. The van der Waals surface area contributed by atoms with Crippen molar-refractivity contribution in [1.82, 2.24) is 4.90 Å². The van der Waals surface area contributed by atoms with Crippen LogP contribution in [0, 0.1) is 17.8 Å². The fraction of sp³-hybridized carbons (Fsp3) is 0.529. The minimum Gasteiger partial charge on any atom is -0.492 e. The van der Waals surface area contributed by atoms with Crippen molar-refractivity contribution in [2.24, 2.45) is 5.92 Å². The van der Waals surface area contributed by atoms with Gasteiger partial charge in [-0.1, -0.05) is 11.8 Å². The first kappa shape index (κ1) is 15.8. The van der Waals surface area contributed by atoms with Gasteiger partial charge in [0.05, 0.1) is 6.61 Å².